The third-order valence-corrected chi connectivity index (χ3v) is 4.16. The topological polar surface area (TPSA) is 39.2 Å². The van der Waals surface area contributed by atoms with E-state index in [2.05, 4.69) is 4.98 Å². The number of carbonyl (C=O) groups is 1. The first-order valence-electron chi connectivity index (χ1n) is 5.30. The van der Waals surface area contributed by atoms with Crippen molar-refractivity contribution in [2.75, 3.05) is 0 Å². The number of benzene rings is 1. The lowest BCUT2D eigenvalue weighted by molar-refractivity contribution is 0.0472. The van der Waals surface area contributed by atoms with Crippen molar-refractivity contribution in [2.45, 2.75) is 6.61 Å². The minimum Gasteiger partial charge on any atom is -0.457 e. The second kappa shape index (κ2) is 6.54. The second-order valence-electron chi connectivity index (χ2n) is 3.65. The van der Waals surface area contributed by atoms with Crippen LogP contribution < -0.4 is 0 Å². The molecule has 0 aliphatic carbocycles. The zero-order valence-electron chi connectivity index (χ0n) is 9.57. The van der Waals surface area contributed by atoms with E-state index in [9.17, 15) is 4.79 Å². The van der Waals surface area contributed by atoms with Crippen LogP contribution in [0, 0.1) is 3.57 Å². The van der Waals surface area contributed by atoms with Crippen LogP contribution in [0.25, 0.3) is 0 Å². The first kappa shape index (κ1) is 14.6. The monoisotopic (exact) mass is 407 g/mol. The third-order valence-electron chi connectivity index (χ3n) is 2.34. The fourth-order valence-corrected chi connectivity index (χ4v) is 2.31. The molecule has 2 aromatic rings. The van der Waals surface area contributed by atoms with Crippen molar-refractivity contribution in [3.63, 3.8) is 0 Å². The maximum absolute atomic E-state index is 12.0. The largest absolute Gasteiger partial charge is 0.457 e. The predicted molar refractivity (Wildman–Crippen MR) is 82.5 cm³/mol. The minimum atomic E-state index is -0.579. The van der Waals surface area contributed by atoms with Gasteiger partial charge in [0, 0.05) is 6.20 Å². The standard InChI is InChI=1S/C13H8Cl2INO2/c14-11-9(16)6-17-12(15)10(11)13(18)19-7-8-4-2-1-3-5-8/h1-6H,7H2. The van der Waals surface area contributed by atoms with Crippen molar-refractivity contribution in [2.24, 2.45) is 0 Å². The Balaban J connectivity index is 2.15. The Kier molecular flexibility index (Phi) is 5.01. The summed E-state index contributed by atoms with van der Waals surface area (Å²) in [6, 6.07) is 9.36. The smallest absolute Gasteiger partial charge is 0.343 e. The van der Waals surface area contributed by atoms with E-state index in [0.717, 1.165) is 5.56 Å². The zero-order chi connectivity index (χ0) is 13.8. The maximum atomic E-state index is 12.0. The summed E-state index contributed by atoms with van der Waals surface area (Å²) in [6.07, 6.45) is 1.50. The van der Waals surface area contributed by atoms with Crippen LogP contribution in [-0.2, 0) is 11.3 Å². The van der Waals surface area contributed by atoms with Gasteiger partial charge in [0.1, 0.15) is 17.3 Å². The molecule has 0 amide bonds. The van der Waals surface area contributed by atoms with Gasteiger partial charge in [-0.2, -0.15) is 0 Å². The summed E-state index contributed by atoms with van der Waals surface area (Å²) >= 11 is 13.9. The molecule has 1 aromatic heterocycles. The van der Waals surface area contributed by atoms with Gasteiger partial charge >= 0.3 is 5.97 Å². The van der Waals surface area contributed by atoms with E-state index < -0.39 is 5.97 Å². The van der Waals surface area contributed by atoms with Crippen molar-refractivity contribution < 1.29 is 9.53 Å². The van der Waals surface area contributed by atoms with E-state index >= 15 is 0 Å². The fraction of sp³-hybridized carbons (Fsp3) is 0.0769. The Hall–Kier alpha value is -0.850. The quantitative estimate of drug-likeness (QED) is 0.431. The van der Waals surface area contributed by atoms with E-state index in [0.29, 0.717) is 3.57 Å². The van der Waals surface area contributed by atoms with Gasteiger partial charge in [0.2, 0.25) is 0 Å². The Bertz CT molecular complexity index is 605. The van der Waals surface area contributed by atoms with Gasteiger partial charge in [-0.3, -0.25) is 0 Å². The van der Waals surface area contributed by atoms with Crippen molar-refractivity contribution in [1.82, 2.24) is 4.98 Å². The van der Waals surface area contributed by atoms with Crippen LogP contribution in [0.3, 0.4) is 0 Å². The number of nitrogens with zero attached hydrogens (tertiary/aromatic N) is 1. The van der Waals surface area contributed by atoms with Crippen molar-refractivity contribution >= 4 is 51.8 Å². The summed E-state index contributed by atoms with van der Waals surface area (Å²) in [6.45, 7) is 0.164. The van der Waals surface area contributed by atoms with E-state index in [1.807, 2.05) is 52.9 Å². The summed E-state index contributed by atoms with van der Waals surface area (Å²) < 4.78 is 5.83. The molecule has 98 valence electrons. The molecule has 0 atom stereocenters. The molecular formula is C13H8Cl2INO2. The Morgan fingerprint density at radius 2 is 1.95 bits per heavy atom. The summed E-state index contributed by atoms with van der Waals surface area (Å²) in [5.41, 5.74) is 0.993. The number of esters is 1. The van der Waals surface area contributed by atoms with Gasteiger partial charge in [0.25, 0.3) is 0 Å². The lowest BCUT2D eigenvalue weighted by Gasteiger charge is -2.08. The molecule has 3 nitrogen and oxygen atoms in total. The second-order valence-corrected chi connectivity index (χ2v) is 5.55. The van der Waals surface area contributed by atoms with E-state index in [4.69, 9.17) is 27.9 Å². The summed E-state index contributed by atoms with van der Waals surface area (Å²) in [5, 5.41) is 0.308. The number of halogens is 3. The van der Waals surface area contributed by atoms with Crippen LogP contribution >= 0.6 is 45.8 Å². The Morgan fingerprint density at radius 3 is 2.63 bits per heavy atom. The number of ether oxygens (including phenoxy) is 1. The molecule has 0 bridgehead atoms. The van der Waals surface area contributed by atoms with Crippen molar-refractivity contribution in [1.29, 1.82) is 0 Å². The molecule has 0 saturated carbocycles. The minimum absolute atomic E-state index is 0.0449. The van der Waals surface area contributed by atoms with Crippen LogP contribution in [0.15, 0.2) is 36.5 Å². The fourth-order valence-electron chi connectivity index (χ4n) is 1.41. The van der Waals surface area contributed by atoms with Crippen LogP contribution in [0.5, 0.6) is 0 Å². The highest BCUT2D eigenvalue weighted by molar-refractivity contribution is 14.1. The molecule has 1 heterocycles. The summed E-state index contributed by atoms with van der Waals surface area (Å²) in [4.78, 5) is 15.9. The highest BCUT2D eigenvalue weighted by Gasteiger charge is 2.19. The predicted octanol–water partition coefficient (Wildman–Crippen LogP) is 4.35. The van der Waals surface area contributed by atoms with Gasteiger partial charge in [-0.15, -0.1) is 0 Å². The highest BCUT2D eigenvalue weighted by atomic mass is 127. The number of carbonyl (C=O) groups excluding carboxylic acids is 1. The summed E-state index contributed by atoms with van der Waals surface area (Å²) in [5.74, 6) is -0.579. The number of hydrogen-bond donors (Lipinski definition) is 0. The van der Waals surface area contributed by atoms with Crippen molar-refractivity contribution in [3.05, 3.63) is 61.4 Å². The van der Waals surface area contributed by atoms with Gasteiger partial charge in [-0.1, -0.05) is 53.5 Å². The molecule has 0 radical (unpaired) electrons. The first-order valence-corrected chi connectivity index (χ1v) is 7.13. The van der Waals surface area contributed by atoms with Gasteiger partial charge in [-0.05, 0) is 28.2 Å². The molecule has 0 fully saturated rings. The van der Waals surface area contributed by atoms with Crippen LogP contribution in [0.2, 0.25) is 10.2 Å². The molecular weight excluding hydrogens is 400 g/mol. The van der Waals surface area contributed by atoms with Crippen LogP contribution in [-0.4, -0.2) is 11.0 Å². The third kappa shape index (κ3) is 3.58. The van der Waals surface area contributed by atoms with E-state index in [-0.39, 0.29) is 22.3 Å². The number of rotatable bonds is 3. The SMILES string of the molecule is O=C(OCc1ccccc1)c1c(Cl)ncc(I)c1Cl. The Labute approximate surface area is 134 Å². The molecule has 0 aliphatic heterocycles. The number of hydrogen-bond acceptors (Lipinski definition) is 3. The van der Waals surface area contributed by atoms with Gasteiger partial charge in [0.05, 0.1) is 8.59 Å². The lowest BCUT2D eigenvalue weighted by atomic mass is 10.2. The van der Waals surface area contributed by atoms with E-state index in [1.54, 1.807) is 0 Å². The normalized spacial score (nSPS) is 10.3. The summed E-state index contributed by atoms with van der Waals surface area (Å²) in [7, 11) is 0. The average molecular weight is 408 g/mol. The molecule has 19 heavy (non-hydrogen) atoms. The van der Waals surface area contributed by atoms with Crippen LogP contribution in [0.4, 0.5) is 0 Å². The first-order chi connectivity index (χ1) is 9.09. The highest BCUT2D eigenvalue weighted by Crippen LogP contribution is 2.28. The van der Waals surface area contributed by atoms with Crippen LogP contribution in [0.1, 0.15) is 15.9 Å². The molecule has 1 aromatic carbocycles. The molecule has 0 unspecified atom stereocenters. The van der Waals surface area contributed by atoms with Gasteiger partial charge in [-0.25, -0.2) is 9.78 Å². The molecule has 6 heteroatoms. The Morgan fingerprint density at radius 1 is 1.26 bits per heavy atom. The lowest BCUT2D eigenvalue weighted by Crippen LogP contribution is -2.08. The molecule has 0 N–H and O–H groups in total. The molecule has 0 spiro atoms. The average Bonchev–Trinajstić information content (AvgIpc) is 2.42. The van der Waals surface area contributed by atoms with Gasteiger partial charge in [0.15, 0.2) is 0 Å². The molecule has 0 saturated heterocycles. The van der Waals surface area contributed by atoms with Crippen molar-refractivity contribution in [3.8, 4) is 0 Å². The molecule has 2 rings (SSSR count). The van der Waals surface area contributed by atoms with E-state index in [1.165, 1.54) is 6.20 Å². The zero-order valence-corrected chi connectivity index (χ0v) is 13.2. The molecule has 0 aliphatic rings. The maximum Gasteiger partial charge on any atom is 0.343 e. The number of aromatic nitrogens is 1. The number of pyridine rings is 1. The van der Waals surface area contributed by atoms with Gasteiger partial charge < -0.3 is 4.74 Å².